The maximum absolute atomic E-state index is 11.9. The average molecular weight is 336 g/mol. The number of nitrogens with zero attached hydrogens (tertiary/aromatic N) is 1. The minimum Gasteiger partial charge on any atom is -0.478 e. The number of carbonyl (C=O) groups excluding carboxylic acids is 2. The first kappa shape index (κ1) is 17.6. The van der Waals surface area contributed by atoms with E-state index in [4.69, 9.17) is 14.6 Å². The van der Waals surface area contributed by atoms with Gasteiger partial charge in [0.05, 0.1) is 12.2 Å². The van der Waals surface area contributed by atoms with Crippen molar-refractivity contribution in [2.75, 3.05) is 16.8 Å². The smallest absolute Gasteiger partial charge is 0.415 e. The highest BCUT2D eigenvalue weighted by Crippen LogP contribution is 2.28. The lowest BCUT2D eigenvalue weighted by molar-refractivity contribution is -0.144. The Balaban J connectivity index is 2.19. The monoisotopic (exact) mass is 336 g/mol. The number of aryl methyl sites for hydroxylation is 1. The van der Waals surface area contributed by atoms with Crippen LogP contribution in [0.2, 0.25) is 0 Å². The highest BCUT2D eigenvalue weighted by atomic mass is 16.6. The van der Waals surface area contributed by atoms with Crippen molar-refractivity contribution in [2.24, 2.45) is 0 Å². The number of carboxylic acid groups (broad SMARTS) is 1. The molecule has 2 rings (SSSR count). The molecule has 1 heterocycles. The van der Waals surface area contributed by atoms with Crippen molar-refractivity contribution in [1.29, 1.82) is 0 Å². The minimum absolute atomic E-state index is 0.0924. The molecule has 2 amide bonds. The molecular weight excluding hydrogens is 316 g/mol. The lowest BCUT2D eigenvalue weighted by Gasteiger charge is -2.21. The largest absolute Gasteiger partial charge is 0.478 e. The third-order valence-electron chi connectivity index (χ3n) is 3.23. The van der Waals surface area contributed by atoms with E-state index >= 15 is 0 Å². The van der Waals surface area contributed by atoms with Gasteiger partial charge in [-0.05, 0) is 45.4 Å². The maximum atomic E-state index is 11.9. The van der Waals surface area contributed by atoms with Crippen molar-refractivity contribution in [1.82, 2.24) is 0 Å². The fraction of sp³-hybridized carbons (Fsp3) is 0.438. The summed E-state index contributed by atoms with van der Waals surface area (Å²) in [6.07, 6.45) is -2.57. The third-order valence-corrected chi connectivity index (χ3v) is 3.23. The van der Waals surface area contributed by atoms with E-state index in [1.54, 1.807) is 45.9 Å². The molecule has 1 aliphatic heterocycles. The van der Waals surface area contributed by atoms with Gasteiger partial charge in [-0.25, -0.2) is 14.4 Å². The zero-order valence-electron chi connectivity index (χ0n) is 14.0. The van der Waals surface area contributed by atoms with Gasteiger partial charge in [0, 0.05) is 5.69 Å². The average Bonchev–Trinajstić information content (AvgIpc) is 2.81. The number of amides is 2. The highest BCUT2D eigenvalue weighted by molar-refractivity contribution is 5.95. The van der Waals surface area contributed by atoms with Crippen LogP contribution in [0.4, 0.5) is 21.0 Å². The molecule has 0 aromatic heterocycles. The number of hydrogen-bond acceptors (Lipinski definition) is 5. The standard InChI is InChI=1S/C16H20N2O6/c1-9-5-6-10(17-14(21)24-16(2,3)4)7-11(9)18-8-12(13(19)20)23-15(18)22/h5-7,12H,8H2,1-4H3,(H,17,21)(H,19,20). The van der Waals surface area contributed by atoms with E-state index in [1.165, 1.54) is 4.90 Å². The number of ether oxygens (including phenoxy) is 2. The maximum Gasteiger partial charge on any atom is 0.415 e. The number of cyclic esters (lactones) is 1. The van der Waals surface area contributed by atoms with Crippen molar-refractivity contribution in [3.05, 3.63) is 23.8 Å². The highest BCUT2D eigenvalue weighted by Gasteiger charge is 2.37. The minimum atomic E-state index is -1.21. The summed E-state index contributed by atoms with van der Waals surface area (Å²) in [5, 5.41) is 11.6. The summed E-state index contributed by atoms with van der Waals surface area (Å²) in [6, 6.07) is 4.95. The second kappa shape index (κ2) is 6.38. The summed E-state index contributed by atoms with van der Waals surface area (Å²) in [5.74, 6) is -1.20. The molecule has 0 saturated carbocycles. The Kier molecular flexibility index (Phi) is 4.68. The van der Waals surface area contributed by atoms with Crippen LogP contribution in [-0.2, 0) is 14.3 Å². The van der Waals surface area contributed by atoms with Gasteiger partial charge in [-0.2, -0.15) is 0 Å². The van der Waals surface area contributed by atoms with E-state index in [0.717, 1.165) is 5.56 Å². The number of carboxylic acids is 1. The van der Waals surface area contributed by atoms with Gasteiger partial charge < -0.3 is 14.6 Å². The topological polar surface area (TPSA) is 105 Å². The zero-order valence-corrected chi connectivity index (χ0v) is 14.0. The van der Waals surface area contributed by atoms with E-state index in [1.807, 2.05) is 0 Å². The molecule has 1 aromatic rings. The summed E-state index contributed by atoms with van der Waals surface area (Å²) in [6.45, 7) is 6.93. The first-order valence-electron chi connectivity index (χ1n) is 7.38. The molecule has 8 nitrogen and oxygen atoms in total. The van der Waals surface area contributed by atoms with Crippen LogP contribution in [0, 0.1) is 6.92 Å². The number of hydrogen-bond donors (Lipinski definition) is 2. The Morgan fingerprint density at radius 3 is 2.58 bits per heavy atom. The fourth-order valence-corrected chi connectivity index (χ4v) is 2.19. The summed E-state index contributed by atoms with van der Waals surface area (Å²) in [4.78, 5) is 35.9. The van der Waals surface area contributed by atoms with Crippen LogP contribution >= 0.6 is 0 Å². The van der Waals surface area contributed by atoms with Gasteiger partial charge in [-0.15, -0.1) is 0 Å². The summed E-state index contributed by atoms with van der Waals surface area (Å²) in [7, 11) is 0. The Labute approximate surface area is 139 Å². The molecule has 2 N–H and O–H groups in total. The summed E-state index contributed by atoms with van der Waals surface area (Å²) < 4.78 is 9.98. The van der Waals surface area contributed by atoms with E-state index in [9.17, 15) is 14.4 Å². The van der Waals surface area contributed by atoms with E-state index in [2.05, 4.69) is 5.32 Å². The van der Waals surface area contributed by atoms with Crippen molar-refractivity contribution in [2.45, 2.75) is 39.4 Å². The van der Waals surface area contributed by atoms with Crippen molar-refractivity contribution in [3.8, 4) is 0 Å². The first-order valence-corrected chi connectivity index (χ1v) is 7.38. The number of anilines is 2. The first-order chi connectivity index (χ1) is 11.1. The molecule has 1 aliphatic rings. The van der Waals surface area contributed by atoms with E-state index in [0.29, 0.717) is 11.4 Å². The number of rotatable bonds is 3. The molecule has 24 heavy (non-hydrogen) atoms. The number of aliphatic carboxylic acids is 1. The van der Waals surface area contributed by atoms with Crippen LogP contribution in [-0.4, -0.2) is 41.5 Å². The van der Waals surface area contributed by atoms with E-state index < -0.39 is 29.9 Å². The lowest BCUT2D eigenvalue weighted by atomic mass is 10.1. The Hall–Kier alpha value is -2.77. The summed E-state index contributed by atoms with van der Waals surface area (Å²) >= 11 is 0. The second-order valence-electron chi connectivity index (χ2n) is 6.45. The van der Waals surface area contributed by atoms with Crippen LogP contribution in [0.5, 0.6) is 0 Å². The molecule has 1 aromatic carbocycles. The van der Waals surface area contributed by atoms with Gasteiger partial charge >= 0.3 is 18.2 Å². The van der Waals surface area contributed by atoms with Crippen molar-refractivity contribution < 1.29 is 29.0 Å². The lowest BCUT2D eigenvalue weighted by Crippen LogP contribution is -2.29. The Morgan fingerprint density at radius 2 is 2.04 bits per heavy atom. The SMILES string of the molecule is Cc1ccc(NC(=O)OC(C)(C)C)cc1N1CC(C(=O)O)OC1=O. The molecule has 1 saturated heterocycles. The van der Waals surface area contributed by atoms with Crippen LogP contribution in [0.3, 0.4) is 0 Å². The molecule has 0 spiro atoms. The molecule has 0 bridgehead atoms. The molecule has 1 atom stereocenters. The number of benzene rings is 1. The van der Waals surface area contributed by atoms with Gasteiger partial charge in [0.1, 0.15) is 5.60 Å². The molecule has 1 unspecified atom stereocenters. The van der Waals surface area contributed by atoms with Crippen LogP contribution in [0.15, 0.2) is 18.2 Å². The summed E-state index contributed by atoms with van der Waals surface area (Å²) in [5.41, 5.74) is 1.01. The predicted molar refractivity (Wildman–Crippen MR) is 86.3 cm³/mol. The fourth-order valence-electron chi connectivity index (χ4n) is 2.19. The zero-order chi connectivity index (χ0) is 18.1. The molecular formula is C16H20N2O6. The van der Waals surface area contributed by atoms with E-state index in [-0.39, 0.29) is 6.54 Å². The van der Waals surface area contributed by atoms with Crippen molar-refractivity contribution >= 4 is 29.5 Å². The molecule has 0 aliphatic carbocycles. The molecule has 8 heteroatoms. The Morgan fingerprint density at radius 1 is 1.38 bits per heavy atom. The van der Waals surface area contributed by atoms with Gasteiger partial charge in [-0.1, -0.05) is 6.07 Å². The van der Waals surface area contributed by atoms with Gasteiger partial charge in [0.15, 0.2) is 0 Å². The van der Waals surface area contributed by atoms with Gasteiger partial charge in [0.25, 0.3) is 0 Å². The molecule has 130 valence electrons. The quantitative estimate of drug-likeness (QED) is 0.879. The predicted octanol–water partition coefficient (Wildman–Crippen LogP) is 2.75. The van der Waals surface area contributed by atoms with Crippen LogP contribution in [0.1, 0.15) is 26.3 Å². The normalized spacial score (nSPS) is 17.4. The van der Waals surface area contributed by atoms with Gasteiger partial charge in [-0.3, -0.25) is 10.2 Å². The van der Waals surface area contributed by atoms with Crippen molar-refractivity contribution in [3.63, 3.8) is 0 Å². The third kappa shape index (κ3) is 4.15. The molecule has 0 radical (unpaired) electrons. The Bertz CT molecular complexity index is 680. The van der Waals surface area contributed by atoms with Crippen LogP contribution in [0.25, 0.3) is 0 Å². The number of nitrogens with one attached hydrogen (secondary N) is 1. The second-order valence-corrected chi connectivity index (χ2v) is 6.45. The molecule has 1 fully saturated rings. The number of carbonyl (C=O) groups is 3. The van der Waals surface area contributed by atoms with Crippen LogP contribution < -0.4 is 10.2 Å². The van der Waals surface area contributed by atoms with Gasteiger partial charge in [0.2, 0.25) is 6.10 Å².